The van der Waals surface area contributed by atoms with Crippen molar-refractivity contribution in [3.05, 3.63) is 70.2 Å². The zero-order chi connectivity index (χ0) is 22.1. The number of benzene rings is 2. The van der Waals surface area contributed by atoms with Gasteiger partial charge in [0.2, 0.25) is 5.91 Å². The van der Waals surface area contributed by atoms with Crippen LogP contribution in [-0.4, -0.2) is 28.2 Å². The molecule has 4 rings (SSSR count). The smallest absolute Gasteiger partial charge is 0.257 e. The molecule has 3 aromatic rings. The summed E-state index contributed by atoms with van der Waals surface area (Å²) in [5.41, 5.74) is 5.09. The van der Waals surface area contributed by atoms with Crippen LogP contribution < -0.4 is 10.2 Å². The topological polar surface area (TPSA) is 65.5 Å². The highest BCUT2D eigenvalue weighted by Gasteiger charge is 2.34. The number of amides is 2. The van der Waals surface area contributed by atoms with Gasteiger partial charge in [0.1, 0.15) is 6.17 Å². The maximum absolute atomic E-state index is 13.1. The SMILES string of the molecule is CCCN1C(=O)c2ccccc2NC1c1csc(N(C(C)=O)c2c(C)cccc2C)n1. The van der Waals surface area contributed by atoms with E-state index in [4.69, 9.17) is 4.98 Å². The van der Waals surface area contributed by atoms with Crippen LogP contribution in [0.1, 0.15) is 53.6 Å². The van der Waals surface area contributed by atoms with Gasteiger partial charge in [0.15, 0.2) is 5.13 Å². The van der Waals surface area contributed by atoms with Gasteiger partial charge in [0.25, 0.3) is 5.91 Å². The molecule has 6 nitrogen and oxygen atoms in total. The second kappa shape index (κ2) is 8.51. The van der Waals surface area contributed by atoms with Crippen LogP contribution >= 0.6 is 11.3 Å². The van der Waals surface area contributed by atoms with Crippen molar-refractivity contribution in [1.82, 2.24) is 9.88 Å². The number of nitrogens with zero attached hydrogens (tertiary/aromatic N) is 3. The molecular formula is C24H26N4O2S. The summed E-state index contributed by atoms with van der Waals surface area (Å²) in [5.74, 6) is -0.101. The van der Waals surface area contributed by atoms with E-state index >= 15 is 0 Å². The van der Waals surface area contributed by atoms with Crippen LogP contribution in [0, 0.1) is 13.8 Å². The van der Waals surface area contributed by atoms with Crippen molar-refractivity contribution >= 4 is 39.7 Å². The summed E-state index contributed by atoms with van der Waals surface area (Å²) < 4.78 is 0. The Labute approximate surface area is 186 Å². The van der Waals surface area contributed by atoms with Crippen molar-refractivity contribution in [2.24, 2.45) is 0 Å². The van der Waals surface area contributed by atoms with Gasteiger partial charge < -0.3 is 10.2 Å². The molecular weight excluding hydrogens is 408 g/mol. The van der Waals surface area contributed by atoms with Crippen LogP contribution in [0.25, 0.3) is 0 Å². The molecule has 0 bridgehead atoms. The Morgan fingerprint density at radius 2 is 1.87 bits per heavy atom. The number of anilines is 3. The van der Waals surface area contributed by atoms with E-state index in [1.165, 1.54) is 11.3 Å². The van der Waals surface area contributed by atoms with Crippen molar-refractivity contribution in [1.29, 1.82) is 0 Å². The van der Waals surface area contributed by atoms with Gasteiger partial charge in [-0.1, -0.05) is 37.3 Å². The van der Waals surface area contributed by atoms with Gasteiger partial charge in [-0.15, -0.1) is 11.3 Å². The fourth-order valence-corrected chi connectivity index (χ4v) is 4.94. The third kappa shape index (κ3) is 3.81. The number of fused-ring (bicyclic) bond motifs is 1. The standard InChI is InChI=1S/C24H26N4O2S/c1-5-13-27-22(25-19-12-7-6-11-18(19)23(27)30)20-14-31-24(26-20)28(17(4)29)21-15(2)9-8-10-16(21)3/h6-12,14,22,25H,5,13H2,1-4H3. The quantitative estimate of drug-likeness (QED) is 0.582. The molecule has 1 unspecified atom stereocenters. The highest BCUT2D eigenvalue weighted by atomic mass is 32.1. The summed E-state index contributed by atoms with van der Waals surface area (Å²) >= 11 is 1.41. The van der Waals surface area contributed by atoms with E-state index < -0.39 is 0 Å². The second-order valence-corrected chi connectivity index (χ2v) is 8.58. The Kier molecular flexibility index (Phi) is 5.78. The summed E-state index contributed by atoms with van der Waals surface area (Å²) in [4.78, 5) is 34.1. The molecule has 1 aromatic heterocycles. The van der Waals surface area contributed by atoms with Crippen LogP contribution in [0.5, 0.6) is 0 Å². The molecule has 1 N–H and O–H groups in total. The average Bonchev–Trinajstić information content (AvgIpc) is 3.22. The number of carbonyl (C=O) groups is 2. The Bertz CT molecular complexity index is 1120. The molecule has 1 aliphatic heterocycles. The Morgan fingerprint density at radius 1 is 1.16 bits per heavy atom. The molecule has 0 fully saturated rings. The van der Waals surface area contributed by atoms with Crippen LogP contribution in [0.3, 0.4) is 0 Å². The number of para-hydroxylation sites is 2. The summed E-state index contributed by atoms with van der Waals surface area (Å²) in [6.07, 6.45) is 0.463. The minimum Gasteiger partial charge on any atom is -0.359 e. The van der Waals surface area contributed by atoms with Gasteiger partial charge in [-0.3, -0.25) is 14.5 Å². The van der Waals surface area contributed by atoms with Crippen LogP contribution in [0.4, 0.5) is 16.5 Å². The third-order valence-corrected chi connectivity index (χ3v) is 6.29. The molecule has 0 saturated heterocycles. The van der Waals surface area contributed by atoms with Crippen molar-refractivity contribution < 1.29 is 9.59 Å². The second-order valence-electron chi connectivity index (χ2n) is 7.74. The molecule has 0 saturated carbocycles. The highest BCUT2D eigenvalue weighted by molar-refractivity contribution is 7.14. The predicted octanol–water partition coefficient (Wildman–Crippen LogP) is 5.42. The minimum absolute atomic E-state index is 0.00563. The third-order valence-electron chi connectivity index (χ3n) is 5.45. The van der Waals surface area contributed by atoms with Crippen molar-refractivity contribution in [3.63, 3.8) is 0 Å². The molecule has 2 amide bonds. The van der Waals surface area contributed by atoms with Gasteiger partial charge in [-0.2, -0.15) is 0 Å². The van der Waals surface area contributed by atoms with E-state index in [-0.39, 0.29) is 18.0 Å². The van der Waals surface area contributed by atoms with E-state index in [0.29, 0.717) is 17.2 Å². The average molecular weight is 435 g/mol. The van der Waals surface area contributed by atoms with Crippen LogP contribution in [0.15, 0.2) is 47.8 Å². The van der Waals surface area contributed by atoms with Crippen molar-refractivity contribution in [2.75, 3.05) is 16.8 Å². The molecule has 0 radical (unpaired) electrons. The number of carbonyl (C=O) groups excluding carboxylic acids is 2. The van der Waals surface area contributed by atoms with Gasteiger partial charge in [-0.25, -0.2) is 4.98 Å². The first-order valence-electron chi connectivity index (χ1n) is 10.4. The van der Waals surface area contributed by atoms with Crippen molar-refractivity contribution in [3.8, 4) is 0 Å². The van der Waals surface area contributed by atoms with Gasteiger partial charge >= 0.3 is 0 Å². The fourth-order valence-electron chi connectivity index (χ4n) is 4.05. The maximum atomic E-state index is 13.1. The number of hydrogen-bond donors (Lipinski definition) is 1. The van der Waals surface area contributed by atoms with Crippen LogP contribution in [-0.2, 0) is 4.79 Å². The largest absolute Gasteiger partial charge is 0.359 e. The Hall–Kier alpha value is -3.19. The predicted molar refractivity (Wildman–Crippen MR) is 125 cm³/mol. The lowest BCUT2D eigenvalue weighted by Crippen LogP contribution is -2.43. The van der Waals surface area contributed by atoms with E-state index in [0.717, 1.165) is 34.6 Å². The van der Waals surface area contributed by atoms with E-state index in [9.17, 15) is 9.59 Å². The number of aryl methyl sites for hydroxylation is 2. The summed E-state index contributed by atoms with van der Waals surface area (Å²) in [6, 6.07) is 13.5. The summed E-state index contributed by atoms with van der Waals surface area (Å²) in [5, 5.41) is 6.00. The van der Waals surface area contributed by atoms with Crippen molar-refractivity contribution in [2.45, 2.75) is 40.3 Å². The highest BCUT2D eigenvalue weighted by Crippen LogP contribution is 2.38. The lowest BCUT2D eigenvalue weighted by molar-refractivity contribution is -0.115. The van der Waals surface area contributed by atoms with E-state index in [1.54, 1.807) is 11.8 Å². The molecule has 1 aliphatic rings. The van der Waals surface area contributed by atoms with E-state index in [2.05, 4.69) is 12.2 Å². The Morgan fingerprint density at radius 3 is 2.55 bits per heavy atom. The van der Waals surface area contributed by atoms with E-state index in [1.807, 2.05) is 66.6 Å². The molecule has 160 valence electrons. The fraction of sp³-hybridized carbons (Fsp3) is 0.292. The molecule has 0 spiro atoms. The number of hydrogen-bond acceptors (Lipinski definition) is 5. The normalized spacial score (nSPS) is 15.4. The molecule has 31 heavy (non-hydrogen) atoms. The molecule has 7 heteroatoms. The van der Waals surface area contributed by atoms with Crippen LogP contribution in [0.2, 0.25) is 0 Å². The zero-order valence-electron chi connectivity index (χ0n) is 18.2. The number of thiazole rings is 1. The minimum atomic E-state index is -0.376. The number of rotatable bonds is 5. The lowest BCUT2D eigenvalue weighted by atomic mass is 10.1. The summed E-state index contributed by atoms with van der Waals surface area (Å²) in [7, 11) is 0. The van der Waals surface area contributed by atoms with Gasteiger partial charge in [0.05, 0.1) is 16.9 Å². The molecule has 0 aliphatic carbocycles. The number of nitrogens with one attached hydrogen (secondary N) is 1. The zero-order valence-corrected chi connectivity index (χ0v) is 19.0. The summed E-state index contributed by atoms with van der Waals surface area (Å²) in [6.45, 7) is 8.21. The first-order valence-corrected chi connectivity index (χ1v) is 11.3. The van der Waals surface area contributed by atoms with Gasteiger partial charge in [-0.05, 0) is 43.5 Å². The molecule has 2 heterocycles. The van der Waals surface area contributed by atoms with Gasteiger partial charge in [0, 0.05) is 24.5 Å². The molecule has 2 aromatic carbocycles. The maximum Gasteiger partial charge on any atom is 0.257 e. The first kappa shape index (κ1) is 21.1. The molecule has 1 atom stereocenters. The lowest BCUT2D eigenvalue weighted by Gasteiger charge is -2.37. The monoisotopic (exact) mass is 434 g/mol. The Balaban J connectivity index is 1.75. The number of aromatic nitrogens is 1. The first-order chi connectivity index (χ1) is 14.9.